The average molecular weight is 431 g/mol. The number of benzene rings is 2. The average Bonchev–Trinajstić information content (AvgIpc) is 2.76. The van der Waals surface area contributed by atoms with Crippen LogP contribution in [0.15, 0.2) is 54.9 Å². The normalized spacial score (nSPS) is 10.6. The number of aliphatic hydroxyl groups excluding tert-OH is 1. The van der Waals surface area contributed by atoms with Crippen molar-refractivity contribution >= 4 is 17.7 Å². The molecule has 2 aromatic carbocycles. The van der Waals surface area contributed by atoms with Crippen LogP contribution < -0.4 is 10.6 Å². The topological polar surface area (TPSA) is 109 Å². The molecular formula is C24H25N5O3. The van der Waals surface area contributed by atoms with Crippen LogP contribution in [0.4, 0.5) is 16.4 Å². The van der Waals surface area contributed by atoms with Gasteiger partial charge in [-0.15, -0.1) is 0 Å². The van der Waals surface area contributed by atoms with Crippen molar-refractivity contribution < 1.29 is 14.6 Å². The lowest BCUT2D eigenvalue weighted by Crippen LogP contribution is -2.32. The van der Waals surface area contributed by atoms with Crippen molar-refractivity contribution in [2.24, 2.45) is 0 Å². The first-order valence-corrected chi connectivity index (χ1v) is 10.0. The molecule has 3 aromatic rings. The van der Waals surface area contributed by atoms with Crippen LogP contribution in [0.2, 0.25) is 0 Å². The Morgan fingerprint density at radius 2 is 1.94 bits per heavy atom. The van der Waals surface area contributed by atoms with Gasteiger partial charge in [-0.05, 0) is 50.6 Å². The molecule has 8 nitrogen and oxygen atoms in total. The Morgan fingerprint density at radius 3 is 2.72 bits per heavy atom. The minimum Gasteiger partial charge on any atom is -0.444 e. The SMILES string of the molecule is CC(C)(C)OC(=O)NCC#Cc1cccc(-c2ncnc(Nc3cccc(CO)c3)n2)c1. The van der Waals surface area contributed by atoms with Gasteiger partial charge in [0, 0.05) is 16.8 Å². The van der Waals surface area contributed by atoms with Crippen LogP contribution in [-0.4, -0.2) is 38.3 Å². The molecule has 32 heavy (non-hydrogen) atoms. The molecule has 164 valence electrons. The highest BCUT2D eigenvalue weighted by Crippen LogP contribution is 2.19. The van der Waals surface area contributed by atoms with Gasteiger partial charge in [0.1, 0.15) is 11.9 Å². The number of aliphatic hydroxyl groups is 1. The molecule has 8 heteroatoms. The molecule has 1 amide bonds. The monoisotopic (exact) mass is 431 g/mol. The highest BCUT2D eigenvalue weighted by atomic mass is 16.6. The van der Waals surface area contributed by atoms with Gasteiger partial charge in [-0.25, -0.2) is 14.8 Å². The van der Waals surface area contributed by atoms with E-state index in [1.807, 2.05) is 48.5 Å². The predicted molar refractivity (Wildman–Crippen MR) is 122 cm³/mol. The Labute approximate surface area is 187 Å². The fraction of sp³-hybridized carbons (Fsp3) is 0.250. The lowest BCUT2D eigenvalue weighted by molar-refractivity contribution is 0.0535. The number of hydrogen-bond acceptors (Lipinski definition) is 7. The molecule has 0 aliphatic rings. The van der Waals surface area contributed by atoms with Crippen molar-refractivity contribution in [1.82, 2.24) is 20.3 Å². The third-order valence-electron chi connectivity index (χ3n) is 4.01. The summed E-state index contributed by atoms with van der Waals surface area (Å²) in [7, 11) is 0. The summed E-state index contributed by atoms with van der Waals surface area (Å²) < 4.78 is 5.17. The van der Waals surface area contributed by atoms with Crippen LogP contribution in [-0.2, 0) is 11.3 Å². The summed E-state index contributed by atoms with van der Waals surface area (Å²) in [5, 5.41) is 15.0. The number of rotatable bonds is 5. The van der Waals surface area contributed by atoms with Crippen LogP contribution in [0.5, 0.6) is 0 Å². The second-order valence-electron chi connectivity index (χ2n) is 7.85. The van der Waals surface area contributed by atoms with Crippen molar-refractivity contribution in [3.05, 3.63) is 66.0 Å². The van der Waals surface area contributed by atoms with E-state index >= 15 is 0 Å². The van der Waals surface area contributed by atoms with Crippen LogP contribution in [0.3, 0.4) is 0 Å². The molecule has 0 unspecified atom stereocenters. The summed E-state index contributed by atoms with van der Waals surface area (Å²) in [6, 6.07) is 14.8. The highest BCUT2D eigenvalue weighted by molar-refractivity contribution is 5.68. The number of nitrogens with zero attached hydrogens (tertiary/aromatic N) is 3. The maximum absolute atomic E-state index is 11.7. The summed E-state index contributed by atoms with van der Waals surface area (Å²) in [6.45, 7) is 5.54. The molecule has 0 aliphatic heterocycles. The highest BCUT2D eigenvalue weighted by Gasteiger charge is 2.15. The maximum atomic E-state index is 11.7. The van der Waals surface area contributed by atoms with Crippen LogP contribution in [0.25, 0.3) is 11.4 Å². The molecule has 0 aliphatic carbocycles. The Balaban J connectivity index is 1.67. The lowest BCUT2D eigenvalue weighted by atomic mass is 10.1. The van der Waals surface area contributed by atoms with Gasteiger partial charge in [-0.2, -0.15) is 4.98 Å². The number of nitrogens with one attached hydrogen (secondary N) is 2. The van der Waals surface area contributed by atoms with Gasteiger partial charge >= 0.3 is 6.09 Å². The van der Waals surface area contributed by atoms with Gasteiger partial charge in [0.05, 0.1) is 13.2 Å². The molecule has 0 bridgehead atoms. The molecule has 0 radical (unpaired) electrons. The first kappa shape index (κ1) is 22.7. The van der Waals surface area contributed by atoms with E-state index in [0.717, 1.165) is 22.4 Å². The predicted octanol–water partition coefficient (Wildman–Crippen LogP) is 3.65. The fourth-order valence-electron chi connectivity index (χ4n) is 2.68. The molecule has 0 atom stereocenters. The third kappa shape index (κ3) is 7.07. The Bertz CT molecular complexity index is 1150. The number of aromatic nitrogens is 3. The number of carbonyl (C=O) groups excluding carboxylic acids is 1. The summed E-state index contributed by atoms with van der Waals surface area (Å²) in [4.78, 5) is 24.6. The second-order valence-corrected chi connectivity index (χ2v) is 7.85. The molecule has 1 aromatic heterocycles. The summed E-state index contributed by atoms with van der Waals surface area (Å²) in [5.74, 6) is 6.80. The van der Waals surface area contributed by atoms with Crippen LogP contribution in [0.1, 0.15) is 31.9 Å². The lowest BCUT2D eigenvalue weighted by Gasteiger charge is -2.18. The van der Waals surface area contributed by atoms with Crippen LogP contribution in [0, 0.1) is 11.8 Å². The first-order chi connectivity index (χ1) is 15.3. The summed E-state index contributed by atoms with van der Waals surface area (Å²) in [6.07, 6.45) is 0.930. The van der Waals surface area contributed by atoms with Gasteiger partial charge in [0.15, 0.2) is 5.82 Å². The van der Waals surface area contributed by atoms with Gasteiger partial charge in [-0.3, -0.25) is 0 Å². The van der Waals surface area contributed by atoms with Gasteiger partial charge in [0.25, 0.3) is 0 Å². The third-order valence-corrected chi connectivity index (χ3v) is 4.01. The zero-order valence-corrected chi connectivity index (χ0v) is 18.2. The van der Waals surface area contributed by atoms with E-state index in [-0.39, 0.29) is 13.2 Å². The van der Waals surface area contributed by atoms with E-state index < -0.39 is 11.7 Å². The minimum atomic E-state index is -0.550. The number of amides is 1. The molecule has 1 heterocycles. The minimum absolute atomic E-state index is 0.0426. The van der Waals surface area contributed by atoms with Gasteiger partial charge in [-0.1, -0.05) is 36.1 Å². The number of ether oxygens (including phenoxy) is 1. The molecular weight excluding hydrogens is 406 g/mol. The zero-order chi connectivity index (χ0) is 23.0. The Hall–Kier alpha value is -3.96. The summed E-state index contributed by atoms with van der Waals surface area (Å²) >= 11 is 0. The van der Waals surface area contributed by atoms with E-state index in [1.165, 1.54) is 6.33 Å². The van der Waals surface area contributed by atoms with Crippen molar-refractivity contribution in [2.45, 2.75) is 33.0 Å². The molecule has 3 N–H and O–H groups in total. The first-order valence-electron chi connectivity index (χ1n) is 10.0. The number of anilines is 2. The Morgan fingerprint density at radius 1 is 1.12 bits per heavy atom. The van der Waals surface area contributed by atoms with Gasteiger partial charge < -0.3 is 20.5 Å². The smallest absolute Gasteiger partial charge is 0.408 e. The number of alkyl carbamates (subject to hydrolysis) is 1. The molecule has 3 rings (SSSR count). The van der Waals surface area contributed by atoms with E-state index in [0.29, 0.717) is 11.8 Å². The van der Waals surface area contributed by atoms with E-state index in [4.69, 9.17) is 4.74 Å². The zero-order valence-electron chi connectivity index (χ0n) is 18.2. The standard InChI is InChI=1S/C24H25N5O3/c1-24(2,3)32-23(31)25-12-6-9-17-7-4-10-19(13-17)21-26-16-27-22(29-21)28-20-11-5-8-18(14-20)15-30/h4-5,7-8,10-11,13-14,16,30H,12,15H2,1-3H3,(H,25,31)(H,26,27,28,29). The molecule has 0 saturated carbocycles. The van der Waals surface area contributed by atoms with Crippen molar-refractivity contribution in [3.63, 3.8) is 0 Å². The van der Waals surface area contributed by atoms with E-state index in [2.05, 4.69) is 37.4 Å². The fourth-order valence-corrected chi connectivity index (χ4v) is 2.68. The maximum Gasteiger partial charge on any atom is 0.408 e. The molecule has 0 saturated heterocycles. The van der Waals surface area contributed by atoms with E-state index in [1.54, 1.807) is 20.8 Å². The van der Waals surface area contributed by atoms with E-state index in [9.17, 15) is 9.90 Å². The summed E-state index contributed by atoms with van der Waals surface area (Å²) in [5.41, 5.74) is 2.55. The molecule has 0 spiro atoms. The van der Waals surface area contributed by atoms with Crippen molar-refractivity contribution in [1.29, 1.82) is 0 Å². The molecule has 0 fully saturated rings. The largest absolute Gasteiger partial charge is 0.444 e. The van der Waals surface area contributed by atoms with Crippen LogP contribution >= 0.6 is 0 Å². The number of carbonyl (C=O) groups is 1. The number of hydrogen-bond donors (Lipinski definition) is 3. The Kier molecular flexibility index (Phi) is 7.37. The van der Waals surface area contributed by atoms with Crippen molar-refractivity contribution in [2.75, 3.05) is 11.9 Å². The quantitative estimate of drug-likeness (QED) is 0.529. The second kappa shape index (κ2) is 10.4. The van der Waals surface area contributed by atoms with Crippen molar-refractivity contribution in [3.8, 4) is 23.2 Å². The van der Waals surface area contributed by atoms with Gasteiger partial charge in [0.2, 0.25) is 5.95 Å².